The summed E-state index contributed by atoms with van der Waals surface area (Å²) in [5.41, 5.74) is 5.01. The van der Waals surface area contributed by atoms with E-state index in [0.717, 1.165) is 22.9 Å². The second kappa shape index (κ2) is 8.40. The molecule has 3 rings (SSSR count). The van der Waals surface area contributed by atoms with Crippen molar-refractivity contribution in [2.24, 2.45) is 5.10 Å². The molecule has 0 unspecified atom stereocenters. The van der Waals surface area contributed by atoms with Crippen molar-refractivity contribution in [2.45, 2.75) is 13.3 Å². The van der Waals surface area contributed by atoms with Gasteiger partial charge in [0.25, 0.3) is 11.8 Å². The van der Waals surface area contributed by atoms with Gasteiger partial charge in [0.05, 0.1) is 12.8 Å². The first-order valence-corrected chi connectivity index (χ1v) is 9.20. The van der Waals surface area contributed by atoms with Crippen LogP contribution in [0.15, 0.2) is 59.0 Å². The van der Waals surface area contributed by atoms with Crippen molar-refractivity contribution in [3.05, 3.63) is 70.6 Å². The summed E-state index contributed by atoms with van der Waals surface area (Å²) in [6.45, 7) is 1.90. The van der Waals surface area contributed by atoms with Gasteiger partial charge in [0.1, 0.15) is 0 Å². The van der Waals surface area contributed by atoms with E-state index in [2.05, 4.69) is 15.8 Å². The van der Waals surface area contributed by atoms with E-state index in [-0.39, 0.29) is 18.4 Å². The van der Waals surface area contributed by atoms with Crippen LogP contribution in [-0.2, 0) is 11.2 Å². The Morgan fingerprint density at radius 2 is 2.00 bits per heavy atom. The smallest absolute Gasteiger partial charge is 0.259 e. The van der Waals surface area contributed by atoms with Gasteiger partial charge < -0.3 is 5.32 Å². The zero-order valence-corrected chi connectivity index (χ0v) is 15.2. The van der Waals surface area contributed by atoms with E-state index in [1.807, 2.05) is 54.8 Å². The number of nitrogens with one attached hydrogen (secondary N) is 2. The number of nitrogens with zero attached hydrogens (tertiary/aromatic N) is 1. The summed E-state index contributed by atoms with van der Waals surface area (Å²) in [7, 11) is 0. The van der Waals surface area contributed by atoms with Gasteiger partial charge in [0.2, 0.25) is 0 Å². The van der Waals surface area contributed by atoms with Crippen molar-refractivity contribution >= 4 is 39.5 Å². The average molecular weight is 365 g/mol. The predicted molar refractivity (Wildman–Crippen MR) is 106 cm³/mol. The molecular weight excluding hydrogens is 346 g/mol. The van der Waals surface area contributed by atoms with Crippen molar-refractivity contribution in [1.82, 2.24) is 10.7 Å². The molecule has 0 saturated heterocycles. The number of carbonyl (C=O) groups excluding carboxylic acids is 2. The molecule has 0 saturated carbocycles. The summed E-state index contributed by atoms with van der Waals surface area (Å²) in [6.07, 6.45) is 2.47. The highest BCUT2D eigenvalue weighted by atomic mass is 32.1. The standard InChI is InChI=1S/C20H19N3O2S/c1-2-14-6-5-7-15(10-14)20(25)21-12-19(24)23-22-11-16-13-26-18-9-4-3-8-17(16)18/h3-11,13H,2,12H2,1H3,(H,21,25)(H,23,24)/b22-11+. The Bertz CT molecular complexity index is 962. The molecule has 2 N–H and O–H groups in total. The molecule has 26 heavy (non-hydrogen) atoms. The van der Waals surface area contributed by atoms with Crippen LogP contribution in [0, 0.1) is 0 Å². The van der Waals surface area contributed by atoms with Crippen molar-refractivity contribution in [1.29, 1.82) is 0 Å². The van der Waals surface area contributed by atoms with Gasteiger partial charge in [-0.2, -0.15) is 5.10 Å². The lowest BCUT2D eigenvalue weighted by molar-refractivity contribution is -0.120. The van der Waals surface area contributed by atoms with Crippen molar-refractivity contribution in [2.75, 3.05) is 6.54 Å². The Morgan fingerprint density at radius 1 is 1.15 bits per heavy atom. The molecule has 2 aromatic carbocycles. The lowest BCUT2D eigenvalue weighted by atomic mass is 10.1. The molecular formula is C20H19N3O2S. The van der Waals surface area contributed by atoms with E-state index in [1.54, 1.807) is 23.6 Å². The first-order valence-electron chi connectivity index (χ1n) is 8.32. The number of thiophene rings is 1. The zero-order valence-electron chi connectivity index (χ0n) is 14.4. The van der Waals surface area contributed by atoms with Gasteiger partial charge in [-0.05, 0) is 30.2 Å². The third-order valence-electron chi connectivity index (χ3n) is 3.91. The maximum absolute atomic E-state index is 12.1. The van der Waals surface area contributed by atoms with E-state index >= 15 is 0 Å². The van der Waals surface area contributed by atoms with Gasteiger partial charge in [0.15, 0.2) is 0 Å². The Labute approximate surface area is 155 Å². The molecule has 1 heterocycles. The van der Waals surface area contributed by atoms with Crippen LogP contribution in [0.3, 0.4) is 0 Å². The quantitative estimate of drug-likeness (QED) is 0.519. The van der Waals surface area contributed by atoms with E-state index in [1.165, 1.54) is 4.70 Å². The molecule has 132 valence electrons. The summed E-state index contributed by atoms with van der Waals surface area (Å²) < 4.78 is 1.17. The highest BCUT2D eigenvalue weighted by Gasteiger charge is 2.08. The van der Waals surface area contributed by atoms with Gasteiger partial charge in [-0.3, -0.25) is 9.59 Å². The molecule has 6 heteroatoms. The van der Waals surface area contributed by atoms with Crippen LogP contribution in [0.1, 0.15) is 28.4 Å². The summed E-state index contributed by atoms with van der Waals surface area (Å²) >= 11 is 1.63. The van der Waals surface area contributed by atoms with Crippen LogP contribution in [-0.4, -0.2) is 24.6 Å². The zero-order chi connectivity index (χ0) is 18.4. The van der Waals surface area contributed by atoms with Crippen molar-refractivity contribution in [3.63, 3.8) is 0 Å². The molecule has 0 aliphatic carbocycles. The van der Waals surface area contributed by atoms with Gasteiger partial charge >= 0.3 is 0 Å². The van der Waals surface area contributed by atoms with Gasteiger partial charge in [-0.15, -0.1) is 11.3 Å². The third-order valence-corrected chi connectivity index (χ3v) is 4.89. The number of rotatable bonds is 6. The van der Waals surface area contributed by atoms with E-state index in [9.17, 15) is 9.59 Å². The van der Waals surface area contributed by atoms with Crippen LogP contribution >= 0.6 is 11.3 Å². The van der Waals surface area contributed by atoms with Crippen molar-refractivity contribution < 1.29 is 9.59 Å². The molecule has 5 nitrogen and oxygen atoms in total. The fourth-order valence-corrected chi connectivity index (χ4v) is 3.42. The van der Waals surface area contributed by atoms with E-state index < -0.39 is 0 Å². The number of hydrazone groups is 1. The molecule has 0 spiro atoms. The number of hydrogen-bond donors (Lipinski definition) is 2. The monoisotopic (exact) mass is 365 g/mol. The fraction of sp³-hybridized carbons (Fsp3) is 0.150. The number of benzene rings is 2. The molecule has 2 amide bonds. The Kier molecular flexibility index (Phi) is 5.76. The minimum absolute atomic E-state index is 0.128. The minimum Gasteiger partial charge on any atom is -0.343 e. The molecule has 0 aliphatic rings. The van der Waals surface area contributed by atoms with Crippen LogP contribution in [0.4, 0.5) is 0 Å². The SMILES string of the molecule is CCc1cccc(C(=O)NCC(=O)N/N=C/c2csc3ccccc23)c1. The van der Waals surface area contributed by atoms with Crippen LogP contribution in [0.25, 0.3) is 10.1 Å². The van der Waals surface area contributed by atoms with Gasteiger partial charge in [-0.1, -0.05) is 37.3 Å². The number of carbonyl (C=O) groups is 2. The first kappa shape index (κ1) is 17.8. The molecule has 0 atom stereocenters. The summed E-state index contributed by atoms with van der Waals surface area (Å²) in [6, 6.07) is 15.4. The lowest BCUT2D eigenvalue weighted by Crippen LogP contribution is -2.34. The Hall–Kier alpha value is -2.99. The summed E-state index contributed by atoms with van der Waals surface area (Å²) in [5.74, 6) is -0.649. The number of fused-ring (bicyclic) bond motifs is 1. The molecule has 0 bridgehead atoms. The highest BCUT2D eigenvalue weighted by molar-refractivity contribution is 7.17. The predicted octanol–water partition coefficient (Wildman–Crippen LogP) is 3.34. The van der Waals surface area contributed by atoms with Crippen LogP contribution in [0.5, 0.6) is 0 Å². The topological polar surface area (TPSA) is 70.6 Å². The second-order valence-corrected chi connectivity index (χ2v) is 6.63. The van der Waals surface area contributed by atoms with Gasteiger partial charge in [0, 0.05) is 26.6 Å². The van der Waals surface area contributed by atoms with Gasteiger partial charge in [-0.25, -0.2) is 5.43 Å². The lowest BCUT2D eigenvalue weighted by Gasteiger charge is -2.05. The average Bonchev–Trinajstić information content (AvgIpc) is 3.09. The minimum atomic E-state index is -0.374. The molecule has 0 aliphatic heterocycles. The van der Waals surface area contributed by atoms with E-state index in [4.69, 9.17) is 0 Å². The number of aryl methyl sites for hydroxylation is 1. The summed E-state index contributed by atoms with van der Waals surface area (Å²) in [4.78, 5) is 24.0. The maximum atomic E-state index is 12.1. The third kappa shape index (κ3) is 4.34. The molecule has 0 radical (unpaired) electrons. The largest absolute Gasteiger partial charge is 0.343 e. The number of hydrogen-bond acceptors (Lipinski definition) is 4. The Balaban J connectivity index is 1.51. The Morgan fingerprint density at radius 3 is 2.85 bits per heavy atom. The number of amides is 2. The normalized spacial score (nSPS) is 11.0. The van der Waals surface area contributed by atoms with Crippen LogP contribution < -0.4 is 10.7 Å². The molecule has 1 aromatic heterocycles. The molecule has 0 fully saturated rings. The molecule has 3 aromatic rings. The highest BCUT2D eigenvalue weighted by Crippen LogP contribution is 2.23. The van der Waals surface area contributed by atoms with E-state index in [0.29, 0.717) is 5.56 Å². The maximum Gasteiger partial charge on any atom is 0.259 e. The summed E-state index contributed by atoms with van der Waals surface area (Å²) in [5, 5.41) is 9.66. The second-order valence-electron chi connectivity index (χ2n) is 5.72. The van der Waals surface area contributed by atoms with Crippen LogP contribution in [0.2, 0.25) is 0 Å². The fourth-order valence-electron chi connectivity index (χ4n) is 2.51. The first-order chi connectivity index (χ1) is 12.7. The van der Waals surface area contributed by atoms with Crippen molar-refractivity contribution in [3.8, 4) is 0 Å².